The first kappa shape index (κ1) is 21.2. The SMILES string of the molecule is FCc1[c-]c(-n2ncc(C(F)(F)F)c2C(F)(F)F)oc1-c1ccccc1.[Ir]. The first-order valence-electron chi connectivity index (χ1n) is 7.02. The van der Waals surface area contributed by atoms with E-state index >= 15 is 0 Å². The number of halogens is 7. The van der Waals surface area contributed by atoms with Gasteiger partial charge in [0, 0.05) is 20.1 Å². The molecule has 2 heterocycles. The van der Waals surface area contributed by atoms with Crippen LogP contribution in [-0.4, -0.2) is 9.78 Å². The van der Waals surface area contributed by atoms with E-state index in [9.17, 15) is 30.7 Å². The molecule has 27 heavy (non-hydrogen) atoms. The minimum Gasteiger partial charge on any atom is -0.545 e. The van der Waals surface area contributed by atoms with Gasteiger partial charge in [0.05, 0.1) is 12.9 Å². The van der Waals surface area contributed by atoms with Gasteiger partial charge < -0.3 is 4.42 Å². The number of benzene rings is 1. The molecule has 0 unspecified atom stereocenters. The Balaban J connectivity index is 0.00000261. The summed E-state index contributed by atoms with van der Waals surface area (Å²) in [6.45, 7) is -1.14. The minimum absolute atomic E-state index is 0. The Morgan fingerprint density at radius 1 is 1.00 bits per heavy atom. The minimum atomic E-state index is -5.37. The topological polar surface area (TPSA) is 31.0 Å². The molecule has 2 aromatic heterocycles. The molecule has 0 aliphatic carbocycles. The zero-order chi connectivity index (χ0) is 19.1. The Morgan fingerprint density at radius 2 is 1.63 bits per heavy atom. The van der Waals surface area contributed by atoms with E-state index in [0.717, 1.165) is 0 Å². The van der Waals surface area contributed by atoms with Crippen molar-refractivity contribution in [3.63, 3.8) is 0 Å². The molecule has 3 rings (SSSR count). The summed E-state index contributed by atoms with van der Waals surface area (Å²) in [5.41, 5.74) is -3.94. The smallest absolute Gasteiger partial charge is 0.434 e. The van der Waals surface area contributed by atoms with Gasteiger partial charge in [-0.25, -0.2) is 9.07 Å². The molecule has 0 spiro atoms. The van der Waals surface area contributed by atoms with Crippen molar-refractivity contribution in [1.82, 2.24) is 9.78 Å². The van der Waals surface area contributed by atoms with E-state index < -0.39 is 36.2 Å². The largest absolute Gasteiger partial charge is 0.545 e. The van der Waals surface area contributed by atoms with Crippen LogP contribution in [0.3, 0.4) is 0 Å². The van der Waals surface area contributed by atoms with Crippen LogP contribution in [0.5, 0.6) is 0 Å². The summed E-state index contributed by atoms with van der Waals surface area (Å²) in [5, 5.41) is 3.13. The molecule has 0 aliphatic heterocycles. The van der Waals surface area contributed by atoms with Crippen molar-refractivity contribution in [3.8, 4) is 17.2 Å². The molecular weight excluding hydrogens is 561 g/mol. The molecule has 0 amide bonds. The molecule has 0 N–H and O–H groups in total. The number of alkyl halides is 7. The third-order valence-corrected chi connectivity index (χ3v) is 3.44. The second kappa shape index (κ2) is 7.47. The van der Waals surface area contributed by atoms with Crippen molar-refractivity contribution in [2.75, 3.05) is 0 Å². The van der Waals surface area contributed by atoms with Crippen LogP contribution in [0, 0.1) is 6.07 Å². The fraction of sp³-hybridized carbons (Fsp3) is 0.188. The van der Waals surface area contributed by atoms with Crippen LogP contribution in [0.25, 0.3) is 17.2 Å². The first-order valence-corrected chi connectivity index (χ1v) is 7.02. The van der Waals surface area contributed by atoms with Gasteiger partial charge in [-0.15, -0.1) is 5.56 Å². The van der Waals surface area contributed by atoms with E-state index in [1.165, 1.54) is 12.1 Å². The zero-order valence-electron chi connectivity index (χ0n) is 13.0. The van der Waals surface area contributed by atoms with Gasteiger partial charge in [0.25, 0.3) is 0 Å². The molecule has 0 bridgehead atoms. The summed E-state index contributed by atoms with van der Waals surface area (Å²) in [5.74, 6) is -0.931. The summed E-state index contributed by atoms with van der Waals surface area (Å²) in [4.78, 5) is 0. The molecule has 0 saturated heterocycles. The van der Waals surface area contributed by atoms with E-state index in [0.29, 0.717) is 5.56 Å². The molecule has 0 fully saturated rings. The normalized spacial score (nSPS) is 12.1. The third-order valence-electron chi connectivity index (χ3n) is 3.44. The number of hydrogen-bond acceptors (Lipinski definition) is 2. The molecule has 0 aliphatic rings. The quantitative estimate of drug-likeness (QED) is 0.311. The average molecular weight is 569 g/mol. The maximum absolute atomic E-state index is 13.2. The van der Waals surface area contributed by atoms with Crippen LogP contribution in [0.1, 0.15) is 16.8 Å². The fourth-order valence-corrected chi connectivity index (χ4v) is 2.37. The molecule has 1 aromatic carbocycles. The summed E-state index contributed by atoms with van der Waals surface area (Å²) < 4.78 is 96.5. The van der Waals surface area contributed by atoms with Crippen molar-refractivity contribution in [2.45, 2.75) is 19.0 Å². The molecule has 0 saturated carbocycles. The number of furan rings is 1. The molecule has 3 nitrogen and oxygen atoms in total. The van der Waals surface area contributed by atoms with Crippen LogP contribution < -0.4 is 0 Å². The molecule has 3 aromatic rings. The van der Waals surface area contributed by atoms with Crippen LogP contribution in [0.15, 0.2) is 40.9 Å². The Labute approximate surface area is 161 Å². The summed E-state index contributed by atoms with van der Waals surface area (Å²) in [7, 11) is 0. The predicted molar refractivity (Wildman–Crippen MR) is 74.9 cm³/mol. The van der Waals surface area contributed by atoms with Crippen LogP contribution in [0.4, 0.5) is 30.7 Å². The zero-order valence-corrected chi connectivity index (χ0v) is 15.3. The molecular formula is C16H8F7IrN2O-. The van der Waals surface area contributed by atoms with E-state index in [4.69, 9.17) is 4.42 Å². The second-order valence-corrected chi connectivity index (χ2v) is 5.15. The monoisotopic (exact) mass is 570 g/mol. The van der Waals surface area contributed by atoms with E-state index in [-0.39, 0.29) is 42.3 Å². The fourth-order valence-electron chi connectivity index (χ4n) is 2.37. The predicted octanol–water partition coefficient (Wildman–Crippen LogP) is 5.44. The summed E-state index contributed by atoms with van der Waals surface area (Å²) in [6.07, 6.45) is -10.6. The van der Waals surface area contributed by atoms with Crippen LogP contribution in [-0.2, 0) is 39.1 Å². The number of rotatable bonds is 3. The van der Waals surface area contributed by atoms with Crippen molar-refractivity contribution >= 4 is 0 Å². The Hall–Kier alpha value is -2.13. The van der Waals surface area contributed by atoms with Gasteiger partial charge in [0.1, 0.15) is 11.4 Å². The van der Waals surface area contributed by atoms with Gasteiger partial charge in [-0.1, -0.05) is 35.9 Å². The van der Waals surface area contributed by atoms with Gasteiger partial charge in [0.2, 0.25) is 0 Å². The summed E-state index contributed by atoms with van der Waals surface area (Å²) >= 11 is 0. The standard InChI is InChI=1S/C16H8F7N2O.Ir/c17-7-10-6-12(26-13(10)9-4-2-1-3-5-9)25-14(16(21,22)23)11(8-24-25)15(18,19)20;/h1-5,8H,7H2;/q-1;. The van der Waals surface area contributed by atoms with Gasteiger partial charge in [-0.05, 0) is 5.76 Å². The van der Waals surface area contributed by atoms with E-state index in [1.807, 2.05) is 0 Å². The van der Waals surface area contributed by atoms with Gasteiger partial charge >= 0.3 is 12.4 Å². The van der Waals surface area contributed by atoms with Gasteiger partial charge in [0.15, 0.2) is 5.69 Å². The van der Waals surface area contributed by atoms with E-state index in [1.54, 1.807) is 18.2 Å². The van der Waals surface area contributed by atoms with E-state index in [2.05, 4.69) is 11.2 Å². The van der Waals surface area contributed by atoms with Crippen molar-refractivity contribution < 1.29 is 55.3 Å². The molecule has 0 atom stereocenters. The van der Waals surface area contributed by atoms with Crippen LogP contribution in [0.2, 0.25) is 0 Å². The molecule has 147 valence electrons. The molecule has 1 radical (unpaired) electrons. The number of nitrogens with zero attached hydrogens (tertiary/aromatic N) is 2. The maximum atomic E-state index is 13.2. The van der Waals surface area contributed by atoms with Crippen molar-refractivity contribution in [1.29, 1.82) is 0 Å². The van der Waals surface area contributed by atoms with Crippen LogP contribution >= 0.6 is 0 Å². The molecule has 11 heteroatoms. The number of hydrogen-bond donors (Lipinski definition) is 0. The average Bonchev–Trinajstić information content (AvgIpc) is 3.18. The van der Waals surface area contributed by atoms with Gasteiger partial charge in [-0.2, -0.15) is 37.5 Å². The number of aromatic nitrogens is 2. The summed E-state index contributed by atoms with van der Waals surface area (Å²) in [6, 6.07) is 10.0. The van der Waals surface area contributed by atoms with Crippen molar-refractivity contribution in [3.05, 3.63) is 59.4 Å². The van der Waals surface area contributed by atoms with Gasteiger partial charge in [-0.3, -0.25) is 0 Å². The first-order chi connectivity index (χ1) is 12.1. The van der Waals surface area contributed by atoms with Crippen molar-refractivity contribution in [2.24, 2.45) is 0 Å². The Kier molecular flexibility index (Phi) is 5.86. The third kappa shape index (κ3) is 4.08. The Morgan fingerprint density at radius 3 is 2.15 bits per heavy atom. The Bertz CT molecular complexity index is 913. The maximum Gasteiger partial charge on any atom is 0.434 e. The second-order valence-electron chi connectivity index (χ2n) is 5.15.